The first-order chi connectivity index (χ1) is 31.9. The minimum Gasteiger partial charge on any atom is -0.310 e. The lowest BCUT2D eigenvalue weighted by Crippen LogP contribution is -2.09. The fraction of sp³-hybridized carbons (Fsp3) is 0.0164. The smallest absolute Gasteiger partial charge is 0.0467 e. The summed E-state index contributed by atoms with van der Waals surface area (Å²) in [5.74, 6) is 0. The Bertz CT molecular complexity index is 2960. The number of hydrogen-bond acceptors (Lipinski definition) is 1. The van der Waals surface area contributed by atoms with Crippen molar-refractivity contribution in [3.8, 4) is 44.5 Å². The molecule has 0 aliphatic carbocycles. The number of hydrogen-bond donors (Lipinski definition) is 0. The Morgan fingerprint density at radius 1 is 0.277 bits per heavy atom. The summed E-state index contributed by atoms with van der Waals surface area (Å²) in [7, 11) is 0. The number of nitrogens with zero attached hydrogens (tertiary/aromatic N) is 1. The van der Waals surface area contributed by atoms with Gasteiger partial charge in [0.05, 0.1) is 0 Å². The summed E-state index contributed by atoms with van der Waals surface area (Å²) in [6.07, 6.45) is 0.954. The highest BCUT2D eigenvalue weighted by Gasteiger charge is 2.14. The molecule has 0 amide bonds. The summed E-state index contributed by atoms with van der Waals surface area (Å²) in [4.78, 5) is 2.26. The molecule has 0 unspecified atom stereocenters. The van der Waals surface area contributed by atoms with Crippen LogP contribution >= 0.6 is 39.1 Å². The molecule has 316 valence electrons. The van der Waals surface area contributed by atoms with Gasteiger partial charge < -0.3 is 4.90 Å². The summed E-state index contributed by atoms with van der Waals surface area (Å²) >= 11 is 15.1. The van der Waals surface area contributed by atoms with Crippen molar-refractivity contribution in [3.63, 3.8) is 0 Å². The Morgan fingerprint density at radius 2 is 0.631 bits per heavy atom. The second-order valence-corrected chi connectivity index (χ2v) is 17.2. The van der Waals surface area contributed by atoms with E-state index in [1.54, 1.807) is 0 Å². The number of benzene rings is 10. The monoisotopic (exact) mass is 941 g/mol. The van der Waals surface area contributed by atoms with Gasteiger partial charge in [0, 0.05) is 31.6 Å². The fourth-order valence-corrected chi connectivity index (χ4v) is 8.04. The van der Waals surface area contributed by atoms with Crippen LogP contribution in [0.15, 0.2) is 271 Å². The van der Waals surface area contributed by atoms with Gasteiger partial charge in [0.1, 0.15) is 0 Å². The van der Waals surface area contributed by atoms with Crippen molar-refractivity contribution in [2.45, 2.75) is 6.42 Å². The lowest BCUT2D eigenvalue weighted by atomic mass is 9.98. The molecule has 0 saturated heterocycles. The molecule has 0 fully saturated rings. The highest BCUT2D eigenvalue weighted by atomic mass is 79.9. The number of rotatable bonds is 9. The van der Waals surface area contributed by atoms with Crippen molar-refractivity contribution in [1.82, 2.24) is 0 Å². The molecule has 0 aliphatic rings. The molecule has 0 atom stereocenters. The van der Waals surface area contributed by atoms with Gasteiger partial charge in [-0.15, -0.1) is 0 Å². The van der Waals surface area contributed by atoms with E-state index in [1.807, 2.05) is 48.5 Å². The third kappa shape index (κ3) is 12.6. The fourth-order valence-electron chi connectivity index (χ4n) is 7.53. The lowest BCUT2D eigenvalue weighted by molar-refractivity contribution is 1.19. The van der Waals surface area contributed by atoms with E-state index in [0.29, 0.717) is 0 Å². The first-order valence-electron chi connectivity index (χ1n) is 21.5. The zero-order chi connectivity index (χ0) is 44.6. The lowest BCUT2D eigenvalue weighted by Gasteiger charge is -2.26. The third-order valence-electron chi connectivity index (χ3n) is 10.8. The zero-order valence-electron chi connectivity index (χ0n) is 35.7. The maximum absolute atomic E-state index is 6.18. The SMILES string of the molecule is Clc1ccc(Br)cc1.Clc1ccc(N(c2ccc(-c3ccccc3)cc2)c2cccc(-c3ccccc3)c2)cc1.c1ccc(-c2ccc(Cc3cccc(-c4ccccc4)c3)cc2)cc1. The molecule has 0 bridgehead atoms. The van der Waals surface area contributed by atoms with Crippen molar-refractivity contribution >= 4 is 56.2 Å². The number of halogens is 3. The molecule has 0 N–H and O–H groups in total. The molecule has 0 saturated carbocycles. The molecule has 4 heteroatoms. The Kier molecular flexibility index (Phi) is 15.5. The quantitative estimate of drug-likeness (QED) is 0.139. The molecular formula is C61H46BrCl2N. The Balaban J connectivity index is 0.000000155. The van der Waals surface area contributed by atoms with Crippen molar-refractivity contribution in [1.29, 1.82) is 0 Å². The Labute approximate surface area is 402 Å². The van der Waals surface area contributed by atoms with E-state index in [1.165, 1.54) is 55.6 Å². The summed E-state index contributed by atoms with van der Waals surface area (Å²) in [5.41, 5.74) is 15.8. The first-order valence-corrected chi connectivity index (χ1v) is 23.1. The van der Waals surface area contributed by atoms with Crippen LogP contribution in [0.3, 0.4) is 0 Å². The molecular weight excluding hydrogens is 897 g/mol. The van der Waals surface area contributed by atoms with Gasteiger partial charge in [-0.25, -0.2) is 0 Å². The van der Waals surface area contributed by atoms with Gasteiger partial charge in [0.2, 0.25) is 0 Å². The maximum Gasteiger partial charge on any atom is 0.0467 e. The van der Waals surface area contributed by atoms with Crippen LogP contribution in [0.25, 0.3) is 44.5 Å². The largest absolute Gasteiger partial charge is 0.310 e. The van der Waals surface area contributed by atoms with Gasteiger partial charge in [-0.1, -0.05) is 233 Å². The van der Waals surface area contributed by atoms with E-state index in [2.05, 4.69) is 239 Å². The van der Waals surface area contributed by atoms with Crippen molar-refractivity contribution in [2.24, 2.45) is 0 Å². The molecule has 0 spiro atoms. The maximum atomic E-state index is 6.18. The molecule has 0 aliphatic heterocycles. The van der Waals surface area contributed by atoms with Gasteiger partial charge >= 0.3 is 0 Å². The predicted octanol–water partition coefficient (Wildman–Crippen LogP) is 18.9. The summed E-state index contributed by atoms with van der Waals surface area (Å²) in [6, 6.07) is 92.5. The third-order valence-corrected chi connectivity index (χ3v) is 11.9. The molecule has 65 heavy (non-hydrogen) atoms. The molecule has 10 rings (SSSR count). The van der Waals surface area contributed by atoms with Crippen LogP contribution in [0.5, 0.6) is 0 Å². The Morgan fingerprint density at radius 3 is 1.09 bits per heavy atom. The highest BCUT2D eigenvalue weighted by Crippen LogP contribution is 2.38. The van der Waals surface area contributed by atoms with E-state index < -0.39 is 0 Å². The second-order valence-electron chi connectivity index (χ2n) is 15.4. The van der Waals surface area contributed by atoms with Gasteiger partial charge in [-0.05, 0) is 135 Å². The summed E-state index contributed by atoms with van der Waals surface area (Å²) < 4.78 is 1.06. The van der Waals surface area contributed by atoms with E-state index in [4.69, 9.17) is 23.2 Å². The van der Waals surface area contributed by atoms with Crippen molar-refractivity contribution < 1.29 is 0 Å². The summed E-state index contributed by atoms with van der Waals surface area (Å²) in [5, 5.41) is 1.50. The molecule has 0 heterocycles. The normalized spacial score (nSPS) is 10.4. The van der Waals surface area contributed by atoms with Crippen LogP contribution in [0, 0.1) is 0 Å². The van der Waals surface area contributed by atoms with E-state index in [9.17, 15) is 0 Å². The van der Waals surface area contributed by atoms with Crippen LogP contribution in [0.4, 0.5) is 17.1 Å². The first kappa shape index (κ1) is 44.7. The average Bonchev–Trinajstić information content (AvgIpc) is 3.38. The second kappa shape index (κ2) is 22.6. The van der Waals surface area contributed by atoms with Crippen LogP contribution in [-0.2, 0) is 6.42 Å². The molecule has 1 nitrogen and oxygen atoms in total. The van der Waals surface area contributed by atoms with E-state index in [-0.39, 0.29) is 0 Å². The topological polar surface area (TPSA) is 3.24 Å². The van der Waals surface area contributed by atoms with Crippen LogP contribution < -0.4 is 4.90 Å². The summed E-state index contributed by atoms with van der Waals surface area (Å²) in [6.45, 7) is 0. The van der Waals surface area contributed by atoms with Crippen LogP contribution in [0.2, 0.25) is 10.0 Å². The van der Waals surface area contributed by atoms with Crippen LogP contribution in [0.1, 0.15) is 11.1 Å². The van der Waals surface area contributed by atoms with Crippen LogP contribution in [-0.4, -0.2) is 0 Å². The van der Waals surface area contributed by atoms with E-state index >= 15 is 0 Å². The minimum atomic E-state index is 0.728. The average molecular weight is 944 g/mol. The number of anilines is 3. The standard InChI is InChI=1S/C30H22ClN.C25H20.C6H4BrCl/c31-27-16-20-29(21-17-27)32(28-18-14-25(15-19-28)23-8-3-1-4-9-23)30-13-7-12-26(22-30)24-10-5-2-6-11-24;1-3-9-22(10-4-1)24-16-14-20(15-17-24)18-21-8-7-13-25(19-21)23-11-5-2-6-12-23;7-5-1-3-6(8)4-2-5/h1-22H;1-17,19H,18H2;1-4H. The molecule has 0 radical (unpaired) electrons. The molecule has 10 aromatic carbocycles. The van der Waals surface area contributed by atoms with Gasteiger partial charge in [0.25, 0.3) is 0 Å². The van der Waals surface area contributed by atoms with E-state index in [0.717, 1.165) is 38.0 Å². The predicted molar refractivity (Wildman–Crippen MR) is 283 cm³/mol. The highest BCUT2D eigenvalue weighted by molar-refractivity contribution is 9.10. The van der Waals surface area contributed by atoms with Gasteiger partial charge in [0.15, 0.2) is 0 Å². The zero-order valence-corrected chi connectivity index (χ0v) is 38.8. The molecule has 10 aromatic rings. The minimum absolute atomic E-state index is 0.728. The van der Waals surface area contributed by atoms with Gasteiger partial charge in [-0.3, -0.25) is 0 Å². The van der Waals surface area contributed by atoms with Gasteiger partial charge in [-0.2, -0.15) is 0 Å². The van der Waals surface area contributed by atoms with Crippen molar-refractivity contribution in [2.75, 3.05) is 4.90 Å². The van der Waals surface area contributed by atoms with Crippen molar-refractivity contribution in [3.05, 3.63) is 293 Å². The Hall–Kier alpha value is -6.94. The molecule has 0 aromatic heterocycles.